The van der Waals surface area contributed by atoms with E-state index >= 15 is 0 Å². The lowest BCUT2D eigenvalue weighted by molar-refractivity contribution is 0.254. The molecule has 0 radical (unpaired) electrons. The van der Waals surface area contributed by atoms with Crippen molar-refractivity contribution in [1.82, 2.24) is 30.2 Å². The van der Waals surface area contributed by atoms with E-state index in [0.29, 0.717) is 46.7 Å². The maximum Gasteiger partial charge on any atom is 0.229 e. The number of halogens is 2. The van der Waals surface area contributed by atoms with E-state index in [1.165, 1.54) is 45.8 Å². The van der Waals surface area contributed by atoms with Gasteiger partial charge >= 0.3 is 0 Å². The number of sulfone groups is 2. The number of piperidine rings is 2. The lowest BCUT2D eigenvalue weighted by Gasteiger charge is -2.31. The van der Waals surface area contributed by atoms with Crippen LogP contribution in [0, 0.1) is 13.8 Å². The largest absolute Gasteiger partial charge is 0.488 e. The second-order valence-corrected chi connectivity index (χ2v) is 27.0. The van der Waals surface area contributed by atoms with Crippen molar-refractivity contribution in [2.75, 3.05) is 54.5 Å². The van der Waals surface area contributed by atoms with Gasteiger partial charge in [0.2, 0.25) is 11.9 Å². The Hall–Kier alpha value is -5.76. The summed E-state index contributed by atoms with van der Waals surface area (Å²) in [6.07, 6.45) is 9.48. The summed E-state index contributed by atoms with van der Waals surface area (Å²) < 4.78 is 64.3. The van der Waals surface area contributed by atoms with Gasteiger partial charge in [-0.2, -0.15) is 9.97 Å². The molecule has 0 aliphatic carbocycles. The van der Waals surface area contributed by atoms with Gasteiger partial charge in [0.05, 0.1) is 55.4 Å². The van der Waals surface area contributed by atoms with E-state index in [-0.39, 0.29) is 32.0 Å². The van der Waals surface area contributed by atoms with Crippen LogP contribution in [0.5, 0.6) is 11.5 Å². The van der Waals surface area contributed by atoms with Crippen LogP contribution in [0.4, 0.5) is 46.3 Å². The molecule has 2 atom stereocenters. The molecule has 0 bridgehead atoms. The highest BCUT2D eigenvalue weighted by Crippen LogP contribution is 2.47. The van der Waals surface area contributed by atoms with Gasteiger partial charge in [-0.3, -0.25) is 0 Å². The molecule has 16 nitrogen and oxygen atoms in total. The molecule has 4 aliphatic heterocycles. The van der Waals surface area contributed by atoms with E-state index in [9.17, 15) is 16.8 Å². The predicted molar refractivity (Wildman–Crippen MR) is 309 cm³/mol. The third-order valence-corrected chi connectivity index (χ3v) is 19.8. The average Bonchev–Trinajstić information content (AvgIpc) is 4.04. The molecule has 0 saturated carbocycles. The number of nitrogens with one attached hydrogen (secondary N) is 5. The number of ether oxygens (including phenoxy) is 2. The zero-order chi connectivity index (χ0) is 54.9. The quantitative estimate of drug-likeness (QED) is 0.0689. The maximum atomic E-state index is 12.9. The first-order valence-electron chi connectivity index (χ1n) is 26.5. The highest BCUT2D eigenvalue weighted by atomic mass is 35.5. The number of fused-ring (bicyclic) bond motifs is 2. The number of aryl methyl sites for hydroxylation is 2. The minimum atomic E-state index is -3.52. The summed E-state index contributed by atoms with van der Waals surface area (Å²) in [4.78, 5) is 20.8. The minimum Gasteiger partial charge on any atom is -0.488 e. The Balaban J connectivity index is 0.000000188. The zero-order valence-electron chi connectivity index (χ0n) is 45.2. The molecule has 2 fully saturated rings. The van der Waals surface area contributed by atoms with Crippen molar-refractivity contribution in [3.05, 3.63) is 116 Å². The smallest absolute Gasteiger partial charge is 0.229 e. The maximum absolute atomic E-state index is 12.9. The average molecular weight is 1130 g/mol. The number of anilines is 8. The highest BCUT2D eigenvalue weighted by molar-refractivity contribution is 7.92. The minimum absolute atomic E-state index is 0.0927. The molecule has 5 N–H and O–H groups in total. The first-order chi connectivity index (χ1) is 36.7. The molecule has 4 aromatic carbocycles. The Morgan fingerprint density at radius 3 is 1.43 bits per heavy atom. The Labute approximate surface area is 463 Å². The molecule has 410 valence electrons. The summed E-state index contributed by atoms with van der Waals surface area (Å²) in [6.45, 7) is 19.4. The molecule has 2 aromatic heterocycles. The van der Waals surface area contributed by atoms with Crippen LogP contribution in [0.3, 0.4) is 0 Å². The molecule has 10 rings (SSSR count). The van der Waals surface area contributed by atoms with Gasteiger partial charge in [-0.15, -0.1) is 0 Å². The predicted octanol–water partition coefficient (Wildman–Crippen LogP) is 12.1. The van der Waals surface area contributed by atoms with Crippen molar-refractivity contribution in [3.63, 3.8) is 0 Å². The molecule has 6 heterocycles. The topological polar surface area (TPSA) is 202 Å². The monoisotopic (exact) mass is 1120 g/mol. The fourth-order valence-corrected chi connectivity index (χ4v) is 13.6. The Morgan fingerprint density at radius 1 is 0.610 bits per heavy atom. The third kappa shape index (κ3) is 12.1. The van der Waals surface area contributed by atoms with Crippen LogP contribution < -0.4 is 36.1 Å². The fourth-order valence-electron chi connectivity index (χ4n) is 10.9. The molecule has 4 aliphatic rings. The van der Waals surface area contributed by atoms with Gasteiger partial charge in [0, 0.05) is 24.0 Å². The number of hydrogen-bond donors (Lipinski definition) is 5. The third-order valence-electron chi connectivity index (χ3n) is 14.9. The first kappa shape index (κ1) is 56.0. The van der Waals surface area contributed by atoms with Gasteiger partial charge in [-0.25, -0.2) is 26.8 Å². The Bertz CT molecular complexity index is 3390. The van der Waals surface area contributed by atoms with Crippen LogP contribution in [0.15, 0.2) is 82.8 Å². The number of rotatable bonds is 14. The lowest BCUT2D eigenvalue weighted by atomic mass is 9.82. The summed E-state index contributed by atoms with van der Waals surface area (Å²) in [7, 11) is -4.85. The van der Waals surface area contributed by atoms with Crippen molar-refractivity contribution in [2.24, 2.45) is 0 Å². The molecular formula is C57H70Cl2N10O6S2. The van der Waals surface area contributed by atoms with Gasteiger partial charge in [0.25, 0.3) is 0 Å². The van der Waals surface area contributed by atoms with Crippen LogP contribution in [0.1, 0.15) is 112 Å². The van der Waals surface area contributed by atoms with Crippen LogP contribution in [0.2, 0.25) is 10.0 Å². The van der Waals surface area contributed by atoms with Gasteiger partial charge < -0.3 is 41.0 Å². The molecule has 6 aromatic rings. The van der Waals surface area contributed by atoms with Crippen LogP contribution in [-0.4, -0.2) is 97.6 Å². The molecule has 20 heteroatoms. The highest BCUT2D eigenvalue weighted by Gasteiger charge is 2.34. The number of nitrogens with zero attached hydrogens (tertiary/aromatic N) is 5. The van der Waals surface area contributed by atoms with E-state index in [2.05, 4.69) is 98.3 Å². The SMILES string of the molecule is Cc1cc(Nc2ncc(Cl)c(Nc3ccccc3S(=O)(=O)C(C)C)n2)c2c(c1C1CCN(C)CC1)C[C@@H](C)O2.Cc1cc(Nc2ncc(Cl)c(Nc3ccccc3S(=O)(=O)C(C)C)n2)c2c(c1C1CCNCC1)C[C@@H](C)O2. The standard InChI is InChI=1S/C29H36ClN5O3S.C28H34ClN5O3S/c1-17(2)39(36,37)25-9-7-6-8-23(25)32-28-22(30)16-31-29(34-28)33-24-14-18(3)26(20-10-12-35(5)13-11-20)21-15-19(4)38-27(21)24;1-16(2)38(35,36)24-8-6-5-7-22(24)32-27-21(29)15-31-28(34-27)33-23-13-17(3)25(19-9-11-30-12-10-19)20-14-18(4)37-26(20)23/h6-9,14,16-17,19-20H,10-13,15H2,1-5H3,(H2,31,32,33,34);5-8,13,15-16,18-19,30H,9-12,14H2,1-4H3,(H2,31,32,33,34)/t19-;18-/m11/s1. The van der Waals surface area contributed by atoms with Crippen LogP contribution in [-0.2, 0) is 32.5 Å². The van der Waals surface area contributed by atoms with E-state index in [0.717, 1.165) is 87.6 Å². The van der Waals surface area contributed by atoms with E-state index in [1.54, 1.807) is 76.2 Å². The van der Waals surface area contributed by atoms with Crippen molar-refractivity contribution < 1.29 is 26.3 Å². The van der Waals surface area contributed by atoms with E-state index < -0.39 is 30.2 Å². The Kier molecular flexibility index (Phi) is 16.9. The molecule has 0 amide bonds. The van der Waals surface area contributed by atoms with Crippen molar-refractivity contribution >= 4 is 89.2 Å². The number of hydrogen-bond acceptors (Lipinski definition) is 16. The molecule has 2 saturated heterocycles. The normalized spacial score (nSPS) is 18.0. The Morgan fingerprint density at radius 2 is 1.01 bits per heavy atom. The molecular weight excluding hydrogens is 1060 g/mol. The van der Waals surface area contributed by atoms with Crippen LogP contribution >= 0.6 is 23.2 Å². The van der Waals surface area contributed by atoms with Gasteiger partial charge in [0.1, 0.15) is 33.8 Å². The van der Waals surface area contributed by atoms with Crippen molar-refractivity contribution in [2.45, 2.75) is 138 Å². The van der Waals surface area contributed by atoms with Gasteiger partial charge in [-0.1, -0.05) is 47.5 Å². The first-order valence-corrected chi connectivity index (χ1v) is 30.4. The van der Waals surface area contributed by atoms with E-state index in [4.69, 9.17) is 32.7 Å². The summed E-state index contributed by atoms with van der Waals surface area (Å²) in [6, 6.07) is 17.8. The number of benzene rings is 4. The van der Waals surface area contributed by atoms with E-state index in [1.807, 2.05) is 0 Å². The summed E-state index contributed by atoms with van der Waals surface area (Å²) in [5, 5.41) is 15.8. The van der Waals surface area contributed by atoms with Gasteiger partial charge in [0.15, 0.2) is 31.3 Å². The van der Waals surface area contributed by atoms with Gasteiger partial charge in [-0.05, 0) is 185 Å². The number of para-hydroxylation sites is 2. The number of aromatic nitrogens is 4. The van der Waals surface area contributed by atoms with Crippen molar-refractivity contribution in [3.8, 4) is 11.5 Å². The number of likely N-dealkylation sites (tertiary alicyclic amines) is 1. The molecule has 77 heavy (non-hydrogen) atoms. The lowest BCUT2D eigenvalue weighted by Crippen LogP contribution is -2.29. The second kappa shape index (κ2) is 23.3. The van der Waals surface area contributed by atoms with Crippen molar-refractivity contribution in [1.29, 1.82) is 0 Å². The zero-order valence-corrected chi connectivity index (χ0v) is 48.4. The molecule has 0 spiro atoms. The van der Waals surface area contributed by atoms with Crippen LogP contribution in [0.25, 0.3) is 0 Å². The second-order valence-electron chi connectivity index (χ2n) is 21.3. The molecule has 0 unspecified atom stereocenters. The summed E-state index contributed by atoms with van der Waals surface area (Å²) >= 11 is 12.9. The fraction of sp³-hybridized carbons (Fsp3) is 0.439. The summed E-state index contributed by atoms with van der Waals surface area (Å²) in [5.41, 5.74) is 10.3. The summed E-state index contributed by atoms with van der Waals surface area (Å²) in [5.74, 6) is 4.07.